The van der Waals surface area contributed by atoms with E-state index < -0.39 is 0 Å². The molecular formula is C24H30N2O4. The Morgan fingerprint density at radius 2 is 1.87 bits per heavy atom. The number of hydrogen-bond donors (Lipinski definition) is 1. The number of carbonyl (C=O) groups excluding carboxylic acids is 1. The Kier molecular flexibility index (Phi) is 6.13. The number of amides is 1. The van der Waals surface area contributed by atoms with E-state index in [1.165, 1.54) is 11.1 Å². The van der Waals surface area contributed by atoms with E-state index in [9.17, 15) is 4.79 Å². The summed E-state index contributed by atoms with van der Waals surface area (Å²) in [7, 11) is 1.67. The highest BCUT2D eigenvalue weighted by molar-refractivity contribution is 5.78. The predicted molar refractivity (Wildman–Crippen MR) is 115 cm³/mol. The topological polar surface area (TPSA) is 60.0 Å². The van der Waals surface area contributed by atoms with E-state index in [0.29, 0.717) is 24.9 Å². The molecule has 0 aliphatic carbocycles. The number of benzene rings is 2. The summed E-state index contributed by atoms with van der Waals surface area (Å²) >= 11 is 0. The van der Waals surface area contributed by atoms with Crippen LogP contribution in [0.3, 0.4) is 0 Å². The summed E-state index contributed by atoms with van der Waals surface area (Å²) in [6.45, 7) is 6.53. The van der Waals surface area contributed by atoms with E-state index in [2.05, 4.69) is 48.3 Å². The van der Waals surface area contributed by atoms with Gasteiger partial charge in [0.25, 0.3) is 0 Å². The summed E-state index contributed by atoms with van der Waals surface area (Å²) in [5.41, 5.74) is 2.43. The number of methoxy groups -OCH3 is 1. The van der Waals surface area contributed by atoms with Gasteiger partial charge in [-0.05, 0) is 47.7 Å². The lowest BCUT2D eigenvalue weighted by Crippen LogP contribution is -2.37. The maximum Gasteiger partial charge on any atom is 0.234 e. The van der Waals surface area contributed by atoms with Crippen LogP contribution in [-0.4, -0.2) is 44.3 Å². The molecule has 2 heterocycles. The number of nitrogens with zero attached hydrogens (tertiary/aromatic N) is 1. The Bertz CT molecular complexity index is 883. The van der Waals surface area contributed by atoms with Crippen LogP contribution < -0.4 is 19.5 Å². The molecule has 0 radical (unpaired) electrons. The van der Waals surface area contributed by atoms with Gasteiger partial charge in [-0.15, -0.1) is 0 Å². The smallest absolute Gasteiger partial charge is 0.234 e. The third kappa shape index (κ3) is 4.10. The molecule has 4 rings (SSSR count). The average molecular weight is 411 g/mol. The van der Waals surface area contributed by atoms with Gasteiger partial charge in [0.2, 0.25) is 12.7 Å². The van der Waals surface area contributed by atoms with E-state index in [1.807, 2.05) is 18.2 Å². The molecule has 30 heavy (non-hydrogen) atoms. The SMILES string of the molecule is CCCNC(=O)CN1CC(c2ccc3c(c2)OCO3)[C@H](C)[C@@H]1c1ccc(OC)cc1. The summed E-state index contributed by atoms with van der Waals surface area (Å²) in [6, 6.07) is 14.6. The molecule has 1 unspecified atom stereocenters. The van der Waals surface area contributed by atoms with Gasteiger partial charge in [0.1, 0.15) is 5.75 Å². The lowest BCUT2D eigenvalue weighted by Gasteiger charge is -2.27. The highest BCUT2D eigenvalue weighted by Gasteiger charge is 2.41. The summed E-state index contributed by atoms with van der Waals surface area (Å²) in [5, 5.41) is 3.02. The quantitative estimate of drug-likeness (QED) is 0.754. The number of rotatable bonds is 7. The lowest BCUT2D eigenvalue weighted by atomic mass is 9.84. The van der Waals surface area contributed by atoms with Gasteiger partial charge in [-0.3, -0.25) is 9.69 Å². The zero-order valence-electron chi connectivity index (χ0n) is 17.9. The first-order valence-electron chi connectivity index (χ1n) is 10.6. The second kappa shape index (κ2) is 8.96. The number of carbonyl (C=O) groups is 1. The largest absolute Gasteiger partial charge is 0.497 e. The maximum absolute atomic E-state index is 12.5. The van der Waals surface area contributed by atoms with E-state index in [1.54, 1.807) is 7.11 Å². The summed E-state index contributed by atoms with van der Waals surface area (Å²) in [5.74, 6) is 3.15. The Hall–Kier alpha value is -2.73. The van der Waals surface area contributed by atoms with Crippen molar-refractivity contribution < 1.29 is 19.0 Å². The molecule has 2 aliphatic heterocycles. The molecule has 6 heteroatoms. The zero-order chi connectivity index (χ0) is 21.1. The number of ether oxygens (including phenoxy) is 3. The van der Waals surface area contributed by atoms with Crippen molar-refractivity contribution in [2.45, 2.75) is 32.2 Å². The van der Waals surface area contributed by atoms with Gasteiger partial charge in [-0.25, -0.2) is 0 Å². The second-order valence-electron chi connectivity index (χ2n) is 8.08. The van der Waals surface area contributed by atoms with Crippen molar-refractivity contribution in [3.63, 3.8) is 0 Å². The molecule has 0 bridgehead atoms. The summed E-state index contributed by atoms with van der Waals surface area (Å²) in [4.78, 5) is 14.8. The molecule has 1 N–H and O–H groups in total. The Morgan fingerprint density at radius 3 is 2.60 bits per heavy atom. The molecule has 1 amide bonds. The van der Waals surface area contributed by atoms with Crippen molar-refractivity contribution in [3.8, 4) is 17.2 Å². The van der Waals surface area contributed by atoms with E-state index in [0.717, 1.165) is 30.2 Å². The van der Waals surface area contributed by atoms with Crippen LogP contribution in [0.2, 0.25) is 0 Å². The van der Waals surface area contributed by atoms with Crippen molar-refractivity contribution in [1.82, 2.24) is 10.2 Å². The fraction of sp³-hybridized carbons (Fsp3) is 0.458. The molecule has 2 aliphatic rings. The molecule has 6 nitrogen and oxygen atoms in total. The summed E-state index contributed by atoms with van der Waals surface area (Å²) < 4.78 is 16.4. The van der Waals surface area contributed by atoms with Gasteiger partial charge < -0.3 is 19.5 Å². The zero-order valence-corrected chi connectivity index (χ0v) is 17.9. The molecule has 0 aromatic heterocycles. The van der Waals surface area contributed by atoms with Crippen LogP contribution in [0.4, 0.5) is 0 Å². The minimum absolute atomic E-state index is 0.0777. The first-order chi connectivity index (χ1) is 14.6. The third-order valence-electron chi connectivity index (χ3n) is 6.16. The second-order valence-corrected chi connectivity index (χ2v) is 8.08. The van der Waals surface area contributed by atoms with Crippen molar-refractivity contribution in [2.24, 2.45) is 5.92 Å². The molecular weight excluding hydrogens is 380 g/mol. The van der Waals surface area contributed by atoms with Crippen molar-refractivity contribution in [1.29, 1.82) is 0 Å². The first kappa shape index (κ1) is 20.5. The first-order valence-corrected chi connectivity index (χ1v) is 10.6. The highest BCUT2D eigenvalue weighted by Crippen LogP contribution is 2.47. The van der Waals surface area contributed by atoms with E-state index >= 15 is 0 Å². The molecule has 3 atom stereocenters. The van der Waals surface area contributed by atoms with E-state index in [4.69, 9.17) is 14.2 Å². The number of hydrogen-bond acceptors (Lipinski definition) is 5. The van der Waals surface area contributed by atoms with Crippen molar-refractivity contribution in [3.05, 3.63) is 53.6 Å². The van der Waals surface area contributed by atoms with Crippen LogP contribution in [0.25, 0.3) is 0 Å². The Morgan fingerprint density at radius 1 is 1.13 bits per heavy atom. The van der Waals surface area contributed by atoms with Gasteiger partial charge in [0.15, 0.2) is 11.5 Å². The van der Waals surface area contributed by atoms with Gasteiger partial charge >= 0.3 is 0 Å². The Balaban J connectivity index is 1.61. The Labute approximate surface area is 178 Å². The monoisotopic (exact) mass is 410 g/mol. The van der Waals surface area contributed by atoms with Crippen LogP contribution in [0.15, 0.2) is 42.5 Å². The number of fused-ring (bicyclic) bond motifs is 1. The average Bonchev–Trinajstić information content (AvgIpc) is 3.36. The molecule has 2 aromatic carbocycles. The predicted octanol–water partition coefficient (Wildman–Crippen LogP) is 3.73. The third-order valence-corrected chi connectivity index (χ3v) is 6.16. The van der Waals surface area contributed by atoms with Crippen molar-refractivity contribution in [2.75, 3.05) is 33.5 Å². The van der Waals surface area contributed by atoms with Crippen molar-refractivity contribution >= 4 is 5.91 Å². The summed E-state index contributed by atoms with van der Waals surface area (Å²) in [6.07, 6.45) is 0.934. The molecule has 2 aromatic rings. The van der Waals surface area contributed by atoms with Crippen LogP contribution in [-0.2, 0) is 4.79 Å². The maximum atomic E-state index is 12.5. The highest BCUT2D eigenvalue weighted by atomic mass is 16.7. The van der Waals surface area contributed by atoms with Gasteiger partial charge in [-0.2, -0.15) is 0 Å². The molecule has 0 saturated carbocycles. The van der Waals surface area contributed by atoms with Gasteiger partial charge in [0, 0.05) is 25.0 Å². The number of likely N-dealkylation sites (tertiary alicyclic amines) is 1. The van der Waals surface area contributed by atoms with Gasteiger partial charge in [0.05, 0.1) is 13.7 Å². The van der Waals surface area contributed by atoms with Crippen LogP contribution in [0.1, 0.15) is 43.4 Å². The normalized spacial score (nSPS) is 22.8. The minimum Gasteiger partial charge on any atom is -0.497 e. The molecule has 0 spiro atoms. The number of nitrogens with one attached hydrogen (secondary N) is 1. The van der Waals surface area contributed by atoms with E-state index in [-0.39, 0.29) is 18.7 Å². The minimum atomic E-state index is 0.0777. The standard InChI is InChI=1S/C24H30N2O4/c1-4-11-25-23(27)14-26-13-20(18-7-10-21-22(12-18)30-15-29-21)16(2)24(26)17-5-8-19(28-3)9-6-17/h5-10,12,16,20,24H,4,11,13-15H2,1-3H3,(H,25,27)/t16-,20?,24+/m0/s1. The van der Waals surface area contributed by atoms with Crippen LogP contribution in [0, 0.1) is 5.92 Å². The molecule has 1 fully saturated rings. The fourth-order valence-corrected chi connectivity index (χ4v) is 4.62. The van der Waals surface area contributed by atoms with Gasteiger partial charge in [-0.1, -0.05) is 32.0 Å². The van der Waals surface area contributed by atoms with Crippen LogP contribution >= 0.6 is 0 Å². The molecule has 1 saturated heterocycles. The van der Waals surface area contributed by atoms with Crippen LogP contribution in [0.5, 0.6) is 17.2 Å². The lowest BCUT2D eigenvalue weighted by molar-refractivity contribution is -0.122. The fourth-order valence-electron chi connectivity index (χ4n) is 4.62. The molecule has 160 valence electrons.